The molecule has 0 bridgehead atoms. The van der Waals surface area contributed by atoms with Crippen LogP contribution in [0.2, 0.25) is 5.02 Å². The molecule has 0 fully saturated rings. The largest absolute Gasteiger partial charge is 0.496 e. The summed E-state index contributed by atoms with van der Waals surface area (Å²) in [6.45, 7) is 1.44. The fourth-order valence-electron chi connectivity index (χ4n) is 2.81. The first-order valence-electron chi connectivity index (χ1n) is 9.19. The van der Waals surface area contributed by atoms with Crippen LogP contribution in [-0.4, -0.2) is 18.9 Å². The van der Waals surface area contributed by atoms with Gasteiger partial charge in [-0.05, 0) is 60.7 Å². The summed E-state index contributed by atoms with van der Waals surface area (Å²) < 4.78 is 5.45. The number of amides is 2. The van der Waals surface area contributed by atoms with Crippen molar-refractivity contribution in [2.45, 2.75) is 17.6 Å². The maximum atomic E-state index is 12.8. The summed E-state index contributed by atoms with van der Waals surface area (Å²) in [4.78, 5) is 25.1. The van der Waals surface area contributed by atoms with Gasteiger partial charge in [-0.1, -0.05) is 17.7 Å². The highest BCUT2D eigenvalue weighted by atomic mass is 35.5. The van der Waals surface area contributed by atoms with E-state index in [9.17, 15) is 9.59 Å². The third kappa shape index (κ3) is 6.02. The highest BCUT2D eigenvalue weighted by molar-refractivity contribution is 7.98. The van der Waals surface area contributed by atoms with Gasteiger partial charge in [0.2, 0.25) is 5.91 Å². The molecule has 2 N–H and O–H groups in total. The van der Waals surface area contributed by atoms with Crippen molar-refractivity contribution < 1.29 is 14.3 Å². The van der Waals surface area contributed by atoms with Crippen molar-refractivity contribution in [2.24, 2.45) is 0 Å². The molecule has 0 heterocycles. The highest BCUT2D eigenvalue weighted by Crippen LogP contribution is 2.30. The third-order valence-corrected chi connectivity index (χ3v) is 5.50. The number of thioether (sulfide) groups is 1. The maximum absolute atomic E-state index is 12.8. The van der Waals surface area contributed by atoms with Gasteiger partial charge in [-0.3, -0.25) is 9.59 Å². The maximum Gasteiger partial charge on any atom is 0.255 e. The Morgan fingerprint density at radius 2 is 1.67 bits per heavy atom. The Balaban J connectivity index is 1.74. The van der Waals surface area contributed by atoms with Crippen LogP contribution in [0, 0.1) is 0 Å². The molecule has 154 valence electrons. The number of methoxy groups -OCH3 is 1. The molecule has 0 atom stereocenters. The molecule has 0 aromatic heterocycles. The van der Waals surface area contributed by atoms with E-state index in [1.54, 1.807) is 55.3 Å². The molecule has 0 aliphatic heterocycles. The Kier molecular flexibility index (Phi) is 7.38. The third-order valence-electron chi connectivity index (χ3n) is 4.19. The molecule has 0 unspecified atom stereocenters. The number of carbonyl (C=O) groups excluding carboxylic acids is 2. The molecule has 0 radical (unpaired) electrons. The quantitative estimate of drug-likeness (QED) is 0.452. The lowest BCUT2D eigenvalue weighted by atomic mass is 10.1. The van der Waals surface area contributed by atoms with Crippen molar-refractivity contribution in [3.63, 3.8) is 0 Å². The Hall–Kier alpha value is -2.96. The normalized spacial score (nSPS) is 10.4. The van der Waals surface area contributed by atoms with Crippen LogP contribution >= 0.6 is 23.4 Å². The SMILES string of the molecule is COc1ccc(C(=O)Nc2cccc(NC(C)=O)c2)cc1CSc1ccc(Cl)cc1. The predicted octanol–water partition coefficient (Wildman–Crippen LogP) is 5.85. The monoisotopic (exact) mass is 440 g/mol. The van der Waals surface area contributed by atoms with Crippen LogP contribution < -0.4 is 15.4 Å². The number of anilines is 2. The molecule has 30 heavy (non-hydrogen) atoms. The summed E-state index contributed by atoms with van der Waals surface area (Å²) in [6.07, 6.45) is 0. The molecule has 3 aromatic carbocycles. The lowest BCUT2D eigenvalue weighted by Gasteiger charge is -2.12. The van der Waals surface area contributed by atoms with Crippen LogP contribution in [-0.2, 0) is 10.5 Å². The average Bonchev–Trinajstić information content (AvgIpc) is 2.73. The van der Waals surface area contributed by atoms with Crippen molar-refractivity contribution >= 4 is 46.6 Å². The molecule has 3 rings (SSSR count). The van der Waals surface area contributed by atoms with E-state index >= 15 is 0 Å². The van der Waals surface area contributed by atoms with Gasteiger partial charge >= 0.3 is 0 Å². The number of hydrogen-bond acceptors (Lipinski definition) is 4. The van der Waals surface area contributed by atoms with Crippen LogP contribution in [0.4, 0.5) is 11.4 Å². The van der Waals surface area contributed by atoms with Gasteiger partial charge in [0.1, 0.15) is 5.75 Å². The number of ether oxygens (including phenoxy) is 1. The first-order valence-corrected chi connectivity index (χ1v) is 10.6. The molecule has 3 aromatic rings. The fourth-order valence-corrected chi connectivity index (χ4v) is 3.81. The van der Waals surface area contributed by atoms with Crippen molar-refractivity contribution in [1.29, 1.82) is 0 Å². The zero-order chi connectivity index (χ0) is 21.5. The number of nitrogens with one attached hydrogen (secondary N) is 2. The molecule has 0 aliphatic carbocycles. The molecule has 5 nitrogen and oxygen atoms in total. The molecular weight excluding hydrogens is 420 g/mol. The van der Waals surface area contributed by atoms with E-state index in [2.05, 4.69) is 10.6 Å². The molecule has 7 heteroatoms. The molecule has 0 saturated carbocycles. The average molecular weight is 441 g/mol. The van der Waals surface area contributed by atoms with Gasteiger partial charge in [0.25, 0.3) is 5.91 Å². The van der Waals surface area contributed by atoms with Crippen LogP contribution in [0.1, 0.15) is 22.8 Å². The topological polar surface area (TPSA) is 67.4 Å². The standard InChI is InChI=1S/C23H21ClN2O3S/c1-15(27)25-19-4-3-5-20(13-19)26-23(28)16-6-11-22(29-2)17(12-16)14-30-21-9-7-18(24)8-10-21/h3-13H,14H2,1-2H3,(H,25,27)(H,26,28). The number of rotatable bonds is 7. The van der Waals surface area contributed by atoms with E-state index in [1.807, 2.05) is 30.3 Å². The second kappa shape index (κ2) is 10.2. The fraction of sp³-hybridized carbons (Fsp3) is 0.130. The van der Waals surface area contributed by atoms with Crippen LogP contribution in [0.5, 0.6) is 5.75 Å². The summed E-state index contributed by atoms with van der Waals surface area (Å²) in [5, 5.41) is 6.26. The van der Waals surface area contributed by atoms with Crippen LogP contribution in [0.25, 0.3) is 0 Å². The van der Waals surface area contributed by atoms with Gasteiger partial charge in [-0.15, -0.1) is 11.8 Å². The van der Waals surface area contributed by atoms with Crippen LogP contribution in [0.3, 0.4) is 0 Å². The minimum atomic E-state index is -0.240. The van der Waals surface area contributed by atoms with Crippen molar-refractivity contribution in [2.75, 3.05) is 17.7 Å². The van der Waals surface area contributed by atoms with E-state index in [0.717, 1.165) is 16.2 Å². The minimum absolute atomic E-state index is 0.170. The van der Waals surface area contributed by atoms with Crippen molar-refractivity contribution in [1.82, 2.24) is 0 Å². The number of carbonyl (C=O) groups is 2. The molecule has 0 saturated heterocycles. The van der Waals surface area contributed by atoms with E-state index in [1.165, 1.54) is 6.92 Å². The molecule has 0 aliphatic rings. The number of benzene rings is 3. The van der Waals surface area contributed by atoms with Gasteiger partial charge < -0.3 is 15.4 Å². The summed E-state index contributed by atoms with van der Waals surface area (Å²) in [7, 11) is 1.61. The number of hydrogen-bond donors (Lipinski definition) is 2. The number of halogens is 1. The molecule has 2 amide bonds. The van der Waals surface area contributed by atoms with Crippen LogP contribution in [0.15, 0.2) is 71.6 Å². The second-order valence-electron chi connectivity index (χ2n) is 6.49. The molecular formula is C23H21ClN2O3S. The zero-order valence-electron chi connectivity index (χ0n) is 16.6. The van der Waals surface area contributed by atoms with Gasteiger partial charge in [0, 0.05) is 45.1 Å². The lowest BCUT2D eigenvalue weighted by Crippen LogP contribution is -2.13. The van der Waals surface area contributed by atoms with Gasteiger partial charge in [0.05, 0.1) is 7.11 Å². The summed E-state index contributed by atoms with van der Waals surface area (Å²) >= 11 is 7.57. The highest BCUT2D eigenvalue weighted by Gasteiger charge is 2.12. The second-order valence-corrected chi connectivity index (χ2v) is 7.97. The Morgan fingerprint density at radius 3 is 2.33 bits per heavy atom. The van der Waals surface area contributed by atoms with Gasteiger partial charge in [-0.25, -0.2) is 0 Å². The predicted molar refractivity (Wildman–Crippen MR) is 123 cm³/mol. The van der Waals surface area contributed by atoms with Crippen molar-refractivity contribution in [3.05, 3.63) is 82.9 Å². The Labute approximate surface area is 184 Å². The van der Waals surface area contributed by atoms with E-state index < -0.39 is 0 Å². The first-order chi connectivity index (χ1) is 14.4. The first kappa shape index (κ1) is 21.7. The summed E-state index contributed by atoms with van der Waals surface area (Å²) in [5.74, 6) is 0.955. The molecule has 0 spiro atoms. The minimum Gasteiger partial charge on any atom is -0.496 e. The summed E-state index contributed by atoms with van der Waals surface area (Å²) in [6, 6.07) is 20.0. The smallest absolute Gasteiger partial charge is 0.255 e. The van der Waals surface area contributed by atoms with E-state index in [-0.39, 0.29) is 11.8 Å². The van der Waals surface area contributed by atoms with Crippen molar-refractivity contribution in [3.8, 4) is 5.75 Å². The zero-order valence-corrected chi connectivity index (χ0v) is 18.1. The van der Waals surface area contributed by atoms with E-state index in [4.69, 9.17) is 16.3 Å². The van der Waals surface area contributed by atoms with Gasteiger partial charge in [-0.2, -0.15) is 0 Å². The Morgan fingerprint density at radius 1 is 0.967 bits per heavy atom. The summed E-state index contributed by atoms with van der Waals surface area (Å²) in [5.41, 5.74) is 2.65. The lowest BCUT2D eigenvalue weighted by molar-refractivity contribution is -0.114. The van der Waals surface area contributed by atoms with E-state index in [0.29, 0.717) is 27.7 Å². The van der Waals surface area contributed by atoms with Gasteiger partial charge in [0.15, 0.2) is 0 Å². The Bertz CT molecular complexity index is 1050.